The number of hydrogen-bond acceptors (Lipinski definition) is 6. The van der Waals surface area contributed by atoms with Crippen LogP contribution in [0, 0.1) is 0 Å². The van der Waals surface area contributed by atoms with Crippen LogP contribution in [-0.2, 0) is 14.8 Å². The molecule has 1 aliphatic heterocycles. The van der Waals surface area contributed by atoms with Crippen LogP contribution in [0.5, 0.6) is 0 Å². The van der Waals surface area contributed by atoms with Crippen molar-refractivity contribution in [1.29, 1.82) is 0 Å². The smallest absolute Gasteiger partial charge is 0.345 e. The maximum absolute atomic E-state index is 12.2. The van der Waals surface area contributed by atoms with Crippen molar-refractivity contribution in [1.82, 2.24) is 4.72 Å². The van der Waals surface area contributed by atoms with E-state index in [0.29, 0.717) is 26.1 Å². The third-order valence-corrected chi connectivity index (χ3v) is 6.81. The van der Waals surface area contributed by atoms with E-state index < -0.39 is 21.6 Å². The molecule has 0 atom stereocenters. The van der Waals surface area contributed by atoms with Gasteiger partial charge in [0.25, 0.3) is 0 Å². The molecule has 0 radical (unpaired) electrons. The summed E-state index contributed by atoms with van der Waals surface area (Å²) in [5.41, 5.74) is -1.14. The number of nitrogens with one attached hydrogen (secondary N) is 1. The molecular formula is C11H14BrNO6S2. The molecule has 1 aliphatic rings. The molecule has 7 nitrogen and oxygen atoms in total. The monoisotopic (exact) mass is 399 g/mol. The van der Waals surface area contributed by atoms with Crippen LogP contribution in [0.15, 0.2) is 14.7 Å². The van der Waals surface area contributed by atoms with Gasteiger partial charge in [0, 0.05) is 32.6 Å². The van der Waals surface area contributed by atoms with Crippen LogP contribution in [0.1, 0.15) is 22.5 Å². The topological polar surface area (TPSA) is 113 Å². The zero-order chi connectivity index (χ0) is 15.7. The van der Waals surface area contributed by atoms with Crippen molar-refractivity contribution in [3.8, 4) is 0 Å². The van der Waals surface area contributed by atoms with Crippen LogP contribution in [0.3, 0.4) is 0 Å². The Morgan fingerprint density at radius 2 is 2.10 bits per heavy atom. The number of hydrogen-bond donors (Lipinski definition) is 3. The summed E-state index contributed by atoms with van der Waals surface area (Å²) >= 11 is 3.88. The molecule has 1 saturated heterocycles. The lowest BCUT2D eigenvalue weighted by Gasteiger charge is -2.31. The number of thiophene rings is 1. The molecule has 0 amide bonds. The minimum atomic E-state index is -3.89. The van der Waals surface area contributed by atoms with Gasteiger partial charge in [-0.15, -0.1) is 11.3 Å². The summed E-state index contributed by atoms with van der Waals surface area (Å²) in [5, 5.41) is 19.1. The predicted molar refractivity (Wildman–Crippen MR) is 79.2 cm³/mol. The van der Waals surface area contributed by atoms with Crippen LogP contribution in [-0.4, -0.2) is 50.0 Å². The van der Waals surface area contributed by atoms with Crippen LogP contribution < -0.4 is 4.72 Å². The second-order valence-corrected chi connectivity index (χ2v) is 8.82. The van der Waals surface area contributed by atoms with Gasteiger partial charge in [-0.3, -0.25) is 0 Å². The Hall–Kier alpha value is -0.520. The van der Waals surface area contributed by atoms with E-state index in [1.807, 2.05) is 0 Å². The third-order valence-electron chi connectivity index (χ3n) is 3.17. The van der Waals surface area contributed by atoms with Gasteiger partial charge in [-0.1, -0.05) is 0 Å². The Bertz CT molecular complexity index is 635. The lowest BCUT2D eigenvalue weighted by atomic mass is 9.95. The molecular weight excluding hydrogens is 386 g/mol. The Kier molecular flexibility index (Phi) is 5.06. The van der Waals surface area contributed by atoms with Crippen LogP contribution in [0.25, 0.3) is 0 Å². The number of aliphatic hydroxyl groups is 1. The molecule has 0 bridgehead atoms. The number of carboxylic acids is 1. The van der Waals surface area contributed by atoms with E-state index in [9.17, 15) is 18.3 Å². The molecule has 2 heterocycles. The second kappa shape index (κ2) is 6.31. The van der Waals surface area contributed by atoms with E-state index >= 15 is 0 Å². The normalized spacial score (nSPS) is 18.6. The first-order chi connectivity index (χ1) is 9.73. The SMILES string of the molecule is O=C(O)c1cc(S(=O)(=O)NCC2(O)CCOCC2)c(Br)s1. The number of halogens is 1. The van der Waals surface area contributed by atoms with Crippen molar-refractivity contribution in [3.05, 3.63) is 14.7 Å². The van der Waals surface area contributed by atoms with E-state index in [1.54, 1.807) is 0 Å². The van der Waals surface area contributed by atoms with E-state index in [0.717, 1.165) is 17.4 Å². The van der Waals surface area contributed by atoms with E-state index in [-0.39, 0.29) is 20.1 Å². The molecule has 0 unspecified atom stereocenters. The van der Waals surface area contributed by atoms with Gasteiger partial charge in [-0.25, -0.2) is 17.9 Å². The molecule has 118 valence electrons. The lowest BCUT2D eigenvalue weighted by molar-refractivity contribution is -0.0588. The first-order valence-electron chi connectivity index (χ1n) is 6.06. The zero-order valence-corrected chi connectivity index (χ0v) is 14.1. The van der Waals surface area contributed by atoms with Crippen molar-refractivity contribution < 1.29 is 28.2 Å². The quantitative estimate of drug-likeness (QED) is 0.681. The number of sulfonamides is 1. The summed E-state index contributed by atoms with van der Waals surface area (Å²) in [6, 6.07) is 1.09. The predicted octanol–water partition coefficient (Wildman–Crippen LogP) is 1.03. The highest BCUT2D eigenvalue weighted by Gasteiger charge is 2.32. The summed E-state index contributed by atoms with van der Waals surface area (Å²) in [4.78, 5) is 10.7. The molecule has 0 aliphatic carbocycles. The highest BCUT2D eigenvalue weighted by molar-refractivity contribution is 9.11. The highest BCUT2D eigenvalue weighted by atomic mass is 79.9. The summed E-state index contributed by atoms with van der Waals surface area (Å²) in [5.74, 6) is -1.19. The number of carboxylic acid groups (broad SMARTS) is 1. The molecule has 1 aromatic heterocycles. The van der Waals surface area contributed by atoms with Crippen molar-refractivity contribution in [2.24, 2.45) is 0 Å². The Balaban J connectivity index is 2.13. The fourth-order valence-corrected chi connectivity index (χ4v) is 5.40. The Morgan fingerprint density at radius 1 is 1.48 bits per heavy atom. The second-order valence-electron chi connectivity index (χ2n) is 4.72. The summed E-state index contributed by atoms with van der Waals surface area (Å²) in [6.45, 7) is 0.621. The number of ether oxygens (including phenoxy) is 1. The third kappa shape index (κ3) is 4.02. The number of rotatable bonds is 5. The van der Waals surface area contributed by atoms with Gasteiger partial charge in [0.1, 0.15) is 9.77 Å². The van der Waals surface area contributed by atoms with E-state index in [2.05, 4.69) is 20.7 Å². The van der Waals surface area contributed by atoms with Gasteiger partial charge in [0.15, 0.2) is 0 Å². The van der Waals surface area contributed by atoms with Crippen LogP contribution in [0.4, 0.5) is 0 Å². The molecule has 0 aromatic carbocycles. The summed E-state index contributed by atoms with van der Waals surface area (Å²) in [6.07, 6.45) is 0.696. The molecule has 0 spiro atoms. The fraction of sp³-hybridized carbons (Fsp3) is 0.545. The minimum Gasteiger partial charge on any atom is -0.477 e. The number of carbonyl (C=O) groups is 1. The molecule has 1 aromatic rings. The maximum Gasteiger partial charge on any atom is 0.345 e. The van der Waals surface area contributed by atoms with Gasteiger partial charge in [-0.05, 0) is 22.0 Å². The molecule has 0 saturated carbocycles. The maximum atomic E-state index is 12.2. The molecule has 1 fully saturated rings. The molecule has 2 rings (SSSR count). The van der Waals surface area contributed by atoms with Gasteiger partial charge >= 0.3 is 5.97 Å². The van der Waals surface area contributed by atoms with Crippen molar-refractivity contribution in [2.75, 3.05) is 19.8 Å². The molecule has 21 heavy (non-hydrogen) atoms. The van der Waals surface area contributed by atoms with Gasteiger partial charge in [0.05, 0.1) is 9.39 Å². The zero-order valence-electron chi connectivity index (χ0n) is 10.8. The number of aromatic carboxylic acids is 1. The standard InChI is InChI=1S/C11H14BrNO6S2/c12-9-8(5-7(20-9)10(14)15)21(17,18)13-6-11(16)1-3-19-4-2-11/h5,13,16H,1-4,6H2,(H,14,15). The van der Waals surface area contributed by atoms with Gasteiger partial charge in [0.2, 0.25) is 10.0 Å². The van der Waals surface area contributed by atoms with Gasteiger partial charge < -0.3 is 14.9 Å². The average molecular weight is 400 g/mol. The minimum absolute atomic E-state index is 0.0768. The van der Waals surface area contributed by atoms with E-state index in [1.165, 1.54) is 0 Å². The Labute approximate surface area is 134 Å². The first-order valence-corrected chi connectivity index (χ1v) is 9.15. The van der Waals surface area contributed by atoms with Crippen LogP contribution >= 0.6 is 27.3 Å². The van der Waals surface area contributed by atoms with Crippen molar-refractivity contribution >= 4 is 43.3 Å². The van der Waals surface area contributed by atoms with E-state index in [4.69, 9.17) is 9.84 Å². The summed E-state index contributed by atoms with van der Waals surface area (Å²) < 4.78 is 32.1. The average Bonchev–Trinajstić information content (AvgIpc) is 2.81. The molecule has 10 heteroatoms. The largest absolute Gasteiger partial charge is 0.477 e. The Morgan fingerprint density at radius 3 is 2.62 bits per heavy atom. The lowest BCUT2D eigenvalue weighted by Crippen LogP contribution is -2.46. The first kappa shape index (κ1) is 16.8. The van der Waals surface area contributed by atoms with Crippen molar-refractivity contribution in [3.63, 3.8) is 0 Å². The molecule has 3 N–H and O–H groups in total. The van der Waals surface area contributed by atoms with Crippen LogP contribution in [0.2, 0.25) is 0 Å². The fourth-order valence-electron chi connectivity index (χ4n) is 1.88. The highest BCUT2D eigenvalue weighted by Crippen LogP contribution is 2.32. The van der Waals surface area contributed by atoms with Crippen molar-refractivity contribution in [2.45, 2.75) is 23.3 Å². The van der Waals surface area contributed by atoms with Gasteiger partial charge in [-0.2, -0.15) is 0 Å². The summed E-state index contributed by atoms with van der Waals surface area (Å²) in [7, 11) is -3.89.